The van der Waals surface area contributed by atoms with Gasteiger partial charge in [0.1, 0.15) is 24.6 Å². The van der Waals surface area contributed by atoms with Crippen LogP contribution in [0.25, 0.3) is 17.0 Å². The van der Waals surface area contributed by atoms with Crippen LogP contribution in [0.4, 0.5) is 0 Å². The second-order valence-electron chi connectivity index (χ2n) is 6.09. The van der Waals surface area contributed by atoms with E-state index in [0.717, 1.165) is 0 Å². The normalized spacial score (nSPS) is 15.8. The van der Waals surface area contributed by atoms with Crippen molar-refractivity contribution >= 4 is 23.0 Å². The van der Waals surface area contributed by atoms with Gasteiger partial charge in [0.15, 0.2) is 16.9 Å². The highest BCUT2D eigenvalue weighted by atomic mass is 16.6. The summed E-state index contributed by atoms with van der Waals surface area (Å²) in [6.45, 7) is 0.652. The van der Waals surface area contributed by atoms with Gasteiger partial charge in [-0.15, -0.1) is 0 Å². The van der Waals surface area contributed by atoms with E-state index in [1.807, 2.05) is 24.3 Å². The Morgan fingerprint density at radius 1 is 1.11 bits per heavy atom. The molecule has 1 aliphatic rings. The third kappa shape index (κ3) is 3.69. The monoisotopic (exact) mass is 363 g/mol. The average Bonchev–Trinajstić information content (AvgIpc) is 2.72. The summed E-state index contributed by atoms with van der Waals surface area (Å²) in [5, 5.41) is 3.22. The highest BCUT2D eigenvalue weighted by Gasteiger charge is 2.20. The van der Waals surface area contributed by atoms with Crippen LogP contribution in [0.1, 0.15) is 5.56 Å². The van der Waals surface area contributed by atoms with Gasteiger partial charge >= 0.3 is 0 Å². The van der Waals surface area contributed by atoms with Crippen LogP contribution in [0.15, 0.2) is 70.1 Å². The van der Waals surface area contributed by atoms with Gasteiger partial charge in [-0.3, -0.25) is 9.59 Å². The molecule has 3 aromatic rings. The van der Waals surface area contributed by atoms with E-state index in [2.05, 4.69) is 5.32 Å². The van der Waals surface area contributed by atoms with E-state index in [0.29, 0.717) is 41.2 Å². The number of ether oxygens (including phenoxy) is 2. The number of hydrogen-bond donors (Lipinski definition) is 1. The van der Waals surface area contributed by atoms with E-state index >= 15 is 0 Å². The SMILES string of the molecule is O=C(/C=C/c1coc2ccccc2c1=O)NCC1COc2ccccc2O1. The van der Waals surface area contributed by atoms with Gasteiger partial charge in [-0.1, -0.05) is 24.3 Å². The van der Waals surface area contributed by atoms with Crippen LogP contribution in [0.2, 0.25) is 0 Å². The molecule has 2 heterocycles. The summed E-state index contributed by atoms with van der Waals surface area (Å²) < 4.78 is 16.8. The first-order valence-electron chi connectivity index (χ1n) is 8.55. The molecule has 1 aromatic heterocycles. The molecule has 0 aliphatic carbocycles. The Balaban J connectivity index is 1.37. The molecule has 27 heavy (non-hydrogen) atoms. The summed E-state index contributed by atoms with van der Waals surface area (Å²) in [6, 6.07) is 14.4. The lowest BCUT2D eigenvalue weighted by Crippen LogP contribution is -2.40. The number of rotatable bonds is 4. The highest BCUT2D eigenvalue weighted by molar-refractivity contribution is 5.92. The predicted octanol–water partition coefficient (Wildman–Crippen LogP) is 2.76. The van der Waals surface area contributed by atoms with Gasteiger partial charge in [0, 0.05) is 6.08 Å². The predicted molar refractivity (Wildman–Crippen MR) is 101 cm³/mol. The zero-order valence-corrected chi connectivity index (χ0v) is 14.4. The van der Waals surface area contributed by atoms with E-state index in [1.165, 1.54) is 18.4 Å². The first-order chi connectivity index (χ1) is 13.2. The summed E-state index contributed by atoms with van der Waals surface area (Å²) in [7, 11) is 0. The number of benzene rings is 2. The van der Waals surface area contributed by atoms with Crippen molar-refractivity contribution in [1.29, 1.82) is 0 Å². The molecule has 4 rings (SSSR count). The molecule has 0 saturated heterocycles. The van der Waals surface area contributed by atoms with E-state index in [9.17, 15) is 9.59 Å². The maximum absolute atomic E-state index is 12.4. The van der Waals surface area contributed by atoms with Crippen molar-refractivity contribution in [2.24, 2.45) is 0 Å². The van der Waals surface area contributed by atoms with Crippen molar-refractivity contribution in [3.05, 3.63) is 76.7 Å². The molecule has 1 aliphatic heterocycles. The number of nitrogens with one attached hydrogen (secondary N) is 1. The zero-order chi connectivity index (χ0) is 18.6. The number of carbonyl (C=O) groups is 1. The number of amides is 1. The van der Waals surface area contributed by atoms with Gasteiger partial charge < -0.3 is 19.2 Å². The minimum Gasteiger partial charge on any atom is -0.486 e. The molecule has 0 radical (unpaired) electrons. The quantitative estimate of drug-likeness (QED) is 0.721. The Morgan fingerprint density at radius 2 is 1.89 bits per heavy atom. The van der Waals surface area contributed by atoms with E-state index in [1.54, 1.807) is 24.3 Å². The fourth-order valence-electron chi connectivity index (χ4n) is 2.81. The molecular weight excluding hydrogens is 346 g/mol. The van der Waals surface area contributed by atoms with E-state index in [4.69, 9.17) is 13.9 Å². The number of hydrogen-bond acceptors (Lipinski definition) is 5. The zero-order valence-electron chi connectivity index (χ0n) is 14.4. The van der Waals surface area contributed by atoms with Gasteiger partial charge in [-0.2, -0.15) is 0 Å². The highest BCUT2D eigenvalue weighted by Crippen LogP contribution is 2.30. The van der Waals surface area contributed by atoms with Gasteiger partial charge in [0.25, 0.3) is 0 Å². The Morgan fingerprint density at radius 3 is 2.78 bits per heavy atom. The smallest absolute Gasteiger partial charge is 0.244 e. The lowest BCUT2D eigenvalue weighted by molar-refractivity contribution is -0.116. The first-order valence-corrected chi connectivity index (χ1v) is 8.55. The maximum atomic E-state index is 12.4. The third-order valence-electron chi connectivity index (χ3n) is 4.19. The van der Waals surface area contributed by atoms with Crippen molar-refractivity contribution in [3.8, 4) is 11.5 Å². The lowest BCUT2D eigenvalue weighted by atomic mass is 10.1. The molecule has 1 unspecified atom stereocenters. The first kappa shape index (κ1) is 16.9. The minimum atomic E-state index is -0.329. The van der Waals surface area contributed by atoms with Crippen LogP contribution in [0.5, 0.6) is 11.5 Å². The minimum absolute atomic E-state index is 0.179. The van der Waals surface area contributed by atoms with Crippen LogP contribution < -0.4 is 20.2 Å². The molecule has 6 nitrogen and oxygen atoms in total. The molecule has 0 spiro atoms. The molecule has 0 fully saturated rings. The van der Waals surface area contributed by atoms with Gasteiger partial charge in [-0.25, -0.2) is 0 Å². The van der Waals surface area contributed by atoms with Crippen molar-refractivity contribution in [2.75, 3.05) is 13.2 Å². The van der Waals surface area contributed by atoms with Crippen LogP contribution in [-0.2, 0) is 4.79 Å². The second-order valence-corrected chi connectivity index (χ2v) is 6.09. The molecule has 0 bridgehead atoms. The fourth-order valence-corrected chi connectivity index (χ4v) is 2.81. The van der Waals surface area contributed by atoms with Crippen LogP contribution >= 0.6 is 0 Å². The average molecular weight is 363 g/mol. The largest absolute Gasteiger partial charge is 0.486 e. The van der Waals surface area contributed by atoms with Crippen molar-refractivity contribution in [1.82, 2.24) is 5.32 Å². The van der Waals surface area contributed by atoms with E-state index < -0.39 is 0 Å². The van der Waals surface area contributed by atoms with Crippen LogP contribution in [-0.4, -0.2) is 25.2 Å². The standard InChI is InChI=1S/C21H17NO5/c23-20(22-11-15-13-26-18-7-3-4-8-19(18)27-15)10-9-14-12-25-17-6-2-1-5-16(17)21(14)24/h1-10,12,15H,11,13H2,(H,22,23)/b10-9+. The summed E-state index contributed by atoms with van der Waals surface area (Å²) in [5.41, 5.74) is 0.648. The Labute approximate surface area is 155 Å². The molecule has 136 valence electrons. The summed E-state index contributed by atoms with van der Waals surface area (Å²) in [4.78, 5) is 24.4. The van der Waals surface area contributed by atoms with Crippen molar-refractivity contribution in [3.63, 3.8) is 0 Å². The Hall–Kier alpha value is -3.54. The van der Waals surface area contributed by atoms with Crippen LogP contribution in [0.3, 0.4) is 0 Å². The Bertz CT molecular complexity index is 1070. The van der Waals surface area contributed by atoms with Gasteiger partial charge in [-0.05, 0) is 30.3 Å². The molecule has 1 atom stereocenters. The topological polar surface area (TPSA) is 77.8 Å². The number of carbonyl (C=O) groups excluding carboxylic acids is 1. The van der Waals surface area contributed by atoms with Gasteiger partial charge in [0.05, 0.1) is 17.5 Å². The van der Waals surface area contributed by atoms with Crippen molar-refractivity contribution < 1.29 is 18.7 Å². The van der Waals surface area contributed by atoms with Crippen molar-refractivity contribution in [2.45, 2.75) is 6.10 Å². The molecule has 0 saturated carbocycles. The third-order valence-corrected chi connectivity index (χ3v) is 4.19. The molecule has 6 heteroatoms. The Kier molecular flexibility index (Phi) is 4.61. The summed E-state index contributed by atoms with van der Waals surface area (Å²) in [6.07, 6.45) is 3.83. The lowest BCUT2D eigenvalue weighted by Gasteiger charge is -2.26. The molecule has 1 N–H and O–H groups in total. The van der Waals surface area contributed by atoms with Gasteiger partial charge in [0.2, 0.25) is 5.91 Å². The molecular formula is C21H17NO5. The fraction of sp³-hybridized carbons (Fsp3) is 0.143. The summed E-state index contributed by atoms with van der Waals surface area (Å²) >= 11 is 0. The summed E-state index contributed by atoms with van der Waals surface area (Å²) in [5.74, 6) is 1.03. The van der Waals surface area contributed by atoms with Crippen LogP contribution in [0, 0.1) is 0 Å². The number of fused-ring (bicyclic) bond motifs is 2. The van der Waals surface area contributed by atoms with E-state index in [-0.39, 0.29) is 17.4 Å². The maximum Gasteiger partial charge on any atom is 0.244 e. The second kappa shape index (κ2) is 7.37. The number of para-hydroxylation sites is 3. The molecule has 2 aromatic carbocycles. The molecule has 1 amide bonds.